The van der Waals surface area contributed by atoms with E-state index in [0.29, 0.717) is 17.1 Å². The lowest BCUT2D eigenvalue weighted by Crippen LogP contribution is -2.15. The van der Waals surface area contributed by atoms with Crippen molar-refractivity contribution in [3.8, 4) is 0 Å². The molecule has 0 fully saturated rings. The van der Waals surface area contributed by atoms with Gasteiger partial charge in [0, 0.05) is 6.54 Å². The average Bonchev–Trinajstić information content (AvgIpc) is 2.39. The first kappa shape index (κ1) is 15.3. The van der Waals surface area contributed by atoms with Crippen LogP contribution >= 0.6 is 0 Å². The second-order valence-electron chi connectivity index (χ2n) is 4.72. The molecule has 1 heterocycles. The number of nitrogens with two attached hydrogens (primary N) is 2. The summed E-state index contributed by atoms with van der Waals surface area (Å²) in [5.41, 5.74) is 11.5. The topological polar surface area (TPSA) is 94.0 Å². The van der Waals surface area contributed by atoms with E-state index in [2.05, 4.69) is 17.2 Å². The van der Waals surface area contributed by atoms with Crippen LogP contribution in [0.25, 0.3) is 0 Å². The van der Waals surface area contributed by atoms with E-state index < -0.39 is 5.91 Å². The minimum absolute atomic E-state index is 0.317. The summed E-state index contributed by atoms with van der Waals surface area (Å²) in [7, 11) is 0. The van der Waals surface area contributed by atoms with Gasteiger partial charge < -0.3 is 16.8 Å². The summed E-state index contributed by atoms with van der Waals surface area (Å²) in [6.45, 7) is 3.06. The molecule has 0 saturated heterocycles. The van der Waals surface area contributed by atoms with Crippen molar-refractivity contribution in [3.63, 3.8) is 0 Å². The molecule has 0 aliphatic carbocycles. The third kappa shape index (κ3) is 5.59. The Morgan fingerprint density at radius 3 is 2.63 bits per heavy atom. The number of nitrogens with zero attached hydrogens (tertiary/aromatic N) is 1. The fourth-order valence-corrected chi connectivity index (χ4v) is 1.90. The van der Waals surface area contributed by atoms with Crippen molar-refractivity contribution in [3.05, 3.63) is 17.8 Å². The molecule has 5 N–H and O–H groups in total. The molecule has 0 aliphatic rings. The Hall–Kier alpha value is -1.78. The van der Waals surface area contributed by atoms with Crippen LogP contribution in [-0.2, 0) is 0 Å². The standard InChI is InChI=1S/C14H24N4O/c1-2-3-4-5-6-7-8-17-13-9-11(14(16)19)12(15)10-18-13/h9-10H,2-8,15H2,1H3,(H2,16,19)(H,17,18). The molecule has 5 heteroatoms. The van der Waals surface area contributed by atoms with E-state index >= 15 is 0 Å². The Bertz CT molecular complexity index is 406. The number of hydrogen-bond donors (Lipinski definition) is 3. The zero-order valence-corrected chi connectivity index (χ0v) is 11.6. The predicted octanol–water partition coefficient (Wildman–Crippen LogP) is 2.54. The first-order chi connectivity index (χ1) is 9.15. The molecule has 1 aromatic rings. The third-order valence-corrected chi connectivity index (χ3v) is 3.04. The number of hydrogen-bond acceptors (Lipinski definition) is 4. The molecule has 0 saturated carbocycles. The highest BCUT2D eigenvalue weighted by Gasteiger charge is 2.07. The van der Waals surface area contributed by atoms with Crippen LogP contribution in [0.5, 0.6) is 0 Å². The number of primary amides is 1. The molecule has 5 nitrogen and oxygen atoms in total. The number of pyridine rings is 1. The van der Waals surface area contributed by atoms with Crippen LogP contribution in [0.1, 0.15) is 55.8 Å². The summed E-state index contributed by atoms with van der Waals surface area (Å²) < 4.78 is 0. The Balaban J connectivity index is 2.30. The molecule has 0 aromatic carbocycles. The number of carbonyl (C=O) groups is 1. The van der Waals surface area contributed by atoms with Crippen LogP contribution in [0.15, 0.2) is 12.3 Å². The Labute approximate surface area is 114 Å². The van der Waals surface area contributed by atoms with Gasteiger partial charge in [0.1, 0.15) is 5.82 Å². The first-order valence-electron chi connectivity index (χ1n) is 6.94. The van der Waals surface area contributed by atoms with Gasteiger partial charge in [-0.3, -0.25) is 4.79 Å². The molecule has 1 aromatic heterocycles. The highest BCUT2D eigenvalue weighted by atomic mass is 16.1. The molecule has 0 aliphatic heterocycles. The number of unbranched alkanes of at least 4 members (excludes halogenated alkanes) is 5. The SMILES string of the molecule is CCCCCCCCNc1cc(C(N)=O)c(N)cn1. The summed E-state index contributed by atoms with van der Waals surface area (Å²) in [6.07, 6.45) is 8.94. The van der Waals surface area contributed by atoms with Crippen molar-refractivity contribution < 1.29 is 4.79 Å². The summed E-state index contributed by atoms with van der Waals surface area (Å²) in [6, 6.07) is 1.61. The number of nitrogen functional groups attached to an aromatic ring is 1. The molecular formula is C14H24N4O. The molecule has 0 radical (unpaired) electrons. The molecule has 0 bridgehead atoms. The van der Waals surface area contributed by atoms with Gasteiger partial charge in [0.05, 0.1) is 17.4 Å². The van der Waals surface area contributed by atoms with Gasteiger partial charge in [-0.1, -0.05) is 39.0 Å². The summed E-state index contributed by atoms with van der Waals surface area (Å²) in [4.78, 5) is 15.3. The number of aromatic nitrogens is 1. The lowest BCUT2D eigenvalue weighted by atomic mass is 10.1. The van der Waals surface area contributed by atoms with Crippen LogP contribution in [0.3, 0.4) is 0 Å². The quantitative estimate of drug-likeness (QED) is 0.597. The Kier molecular flexibility index (Phi) is 6.71. The lowest BCUT2D eigenvalue weighted by molar-refractivity contribution is 0.100. The van der Waals surface area contributed by atoms with E-state index in [-0.39, 0.29) is 0 Å². The van der Waals surface area contributed by atoms with Crippen LogP contribution < -0.4 is 16.8 Å². The van der Waals surface area contributed by atoms with Crippen LogP contribution in [0.2, 0.25) is 0 Å². The highest BCUT2D eigenvalue weighted by Crippen LogP contribution is 2.14. The second-order valence-corrected chi connectivity index (χ2v) is 4.72. The molecule has 0 atom stereocenters. The maximum absolute atomic E-state index is 11.1. The number of rotatable bonds is 9. The van der Waals surface area contributed by atoms with Crippen molar-refractivity contribution >= 4 is 17.4 Å². The monoisotopic (exact) mass is 264 g/mol. The first-order valence-corrected chi connectivity index (χ1v) is 6.94. The van der Waals surface area contributed by atoms with Crippen molar-refractivity contribution in [2.24, 2.45) is 5.73 Å². The maximum atomic E-state index is 11.1. The summed E-state index contributed by atoms with van der Waals surface area (Å²) in [5, 5.41) is 3.18. The zero-order chi connectivity index (χ0) is 14.1. The van der Waals surface area contributed by atoms with Crippen molar-refractivity contribution in [1.29, 1.82) is 0 Å². The Morgan fingerprint density at radius 1 is 1.26 bits per heavy atom. The summed E-state index contributed by atoms with van der Waals surface area (Å²) in [5.74, 6) is 0.124. The average molecular weight is 264 g/mol. The van der Waals surface area contributed by atoms with Crippen LogP contribution in [-0.4, -0.2) is 17.4 Å². The smallest absolute Gasteiger partial charge is 0.250 e. The molecule has 106 valence electrons. The van der Waals surface area contributed by atoms with Crippen LogP contribution in [0.4, 0.5) is 11.5 Å². The van der Waals surface area contributed by atoms with Gasteiger partial charge in [-0.25, -0.2) is 4.98 Å². The molecule has 1 rings (SSSR count). The van der Waals surface area contributed by atoms with Gasteiger partial charge in [0.15, 0.2) is 0 Å². The fourth-order valence-electron chi connectivity index (χ4n) is 1.90. The fraction of sp³-hybridized carbons (Fsp3) is 0.571. The van der Waals surface area contributed by atoms with E-state index in [1.807, 2.05) is 0 Å². The second kappa shape index (κ2) is 8.34. The minimum atomic E-state index is -0.525. The normalized spacial score (nSPS) is 10.4. The van der Waals surface area contributed by atoms with E-state index in [9.17, 15) is 4.79 Å². The lowest BCUT2D eigenvalue weighted by Gasteiger charge is -2.08. The number of carbonyl (C=O) groups excluding carboxylic acids is 1. The summed E-state index contributed by atoms with van der Waals surface area (Å²) >= 11 is 0. The van der Waals surface area contributed by atoms with Crippen molar-refractivity contribution in [1.82, 2.24) is 4.98 Å². The van der Waals surface area contributed by atoms with Crippen LogP contribution in [0, 0.1) is 0 Å². The third-order valence-electron chi connectivity index (χ3n) is 3.04. The van der Waals surface area contributed by atoms with Gasteiger partial charge >= 0.3 is 0 Å². The van der Waals surface area contributed by atoms with Gasteiger partial charge in [-0.05, 0) is 12.5 Å². The molecule has 0 spiro atoms. The van der Waals surface area contributed by atoms with Gasteiger partial charge in [-0.2, -0.15) is 0 Å². The van der Waals surface area contributed by atoms with Crippen molar-refractivity contribution in [2.45, 2.75) is 45.4 Å². The predicted molar refractivity (Wildman–Crippen MR) is 79.0 cm³/mol. The Morgan fingerprint density at radius 2 is 1.95 bits per heavy atom. The van der Waals surface area contributed by atoms with E-state index in [4.69, 9.17) is 11.5 Å². The number of anilines is 2. The molecule has 1 amide bonds. The highest BCUT2D eigenvalue weighted by molar-refractivity contribution is 5.98. The maximum Gasteiger partial charge on any atom is 0.250 e. The van der Waals surface area contributed by atoms with E-state index in [1.54, 1.807) is 6.07 Å². The molecule has 19 heavy (non-hydrogen) atoms. The zero-order valence-electron chi connectivity index (χ0n) is 11.6. The van der Waals surface area contributed by atoms with Crippen molar-refractivity contribution in [2.75, 3.05) is 17.6 Å². The van der Waals surface area contributed by atoms with E-state index in [1.165, 1.54) is 38.3 Å². The van der Waals surface area contributed by atoms with Gasteiger partial charge in [0.25, 0.3) is 5.91 Å². The number of amides is 1. The molecule has 0 unspecified atom stereocenters. The van der Waals surface area contributed by atoms with E-state index in [0.717, 1.165) is 13.0 Å². The van der Waals surface area contributed by atoms with Gasteiger partial charge in [-0.15, -0.1) is 0 Å². The molecular weight excluding hydrogens is 240 g/mol. The minimum Gasteiger partial charge on any atom is -0.397 e. The van der Waals surface area contributed by atoms with Gasteiger partial charge in [0.2, 0.25) is 0 Å². The largest absolute Gasteiger partial charge is 0.397 e. The number of nitrogens with one attached hydrogen (secondary N) is 1.